The minimum absolute atomic E-state index is 0.755. The van der Waals surface area contributed by atoms with Crippen LogP contribution in [0.5, 0.6) is 0 Å². The lowest BCUT2D eigenvalue weighted by Gasteiger charge is -2.10. The van der Waals surface area contributed by atoms with Crippen molar-refractivity contribution in [3.8, 4) is 0 Å². The number of hydrogen-bond acceptors (Lipinski definition) is 2. The normalized spacial score (nSPS) is 19.7. The van der Waals surface area contributed by atoms with Crippen molar-refractivity contribution in [2.45, 2.75) is 45.2 Å². The molecule has 0 spiro atoms. The van der Waals surface area contributed by atoms with Gasteiger partial charge in [-0.25, -0.2) is 0 Å². The molecule has 1 heterocycles. The van der Waals surface area contributed by atoms with Crippen LogP contribution in [0.4, 0.5) is 0 Å². The molecule has 1 aromatic rings. The van der Waals surface area contributed by atoms with Crippen molar-refractivity contribution in [3.63, 3.8) is 0 Å². The summed E-state index contributed by atoms with van der Waals surface area (Å²) in [5, 5.41) is 7.06. The Morgan fingerprint density at radius 2 is 2.00 bits per heavy atom. The standard InChI is InChI=1S/C15H24N2/c1-2-13-5-7-14(8-6-13)12-16-11-9-15-4-3-10-17-15/h5-8,15-17H,2-4,9-12H2,1H3. The third-order valence-corrected chi connectivity index (χ3v) is 3.59. The summed E-state index contributed by atoms with van der Waals surface area (Å²) >= 11 is 0. The summed E-state index contributed by atoms with van der Waals surface area (Å²) < 4.78 is 0. The van der Waals surface area contributed by atoms with Gasteiger partial charge in [0.15, 0.2) is 0 Å². The maximum absolute atomic E-state index is 3.53. The molecule has 2 nitrogen and oxygen atoms in total. The Hall–Kier alpha value is -0.860. The lowest BCUT2D eigenvalue weighted by molar-refractivity contribution is 0.523. The van der Waals surface area contributed by atoms with E-state index in [2.05, 4.69) is 41.8 Å². The summed E-state index contributed by atoms with van der Waals surface area (Å²) in [4.78, 5) is 0. The molecular formula is C15H24N2. The molecule has 1 aliphatic heterocycles. The fourth-order valence-corrected chi connectivity index (χ4v) is 2.40. The van der Waals surface area contributed by atoms with Gasteiger partial charge in [-0.1, -0.05) is 31.2 Å². The smallest absolute Gasteiger partial charge is 0.0205 e. The molecule has 0 bridgehead atoms. The average molecular weight is 232 g/mol. The molecule has 1 unspecified atom stereocenters. The minimum Gasteiger partial charge on any atom is -0.314 e. The van der Waals surface area contributed by atoms with Crippen LogP contribution in [0.1, 0.15) is 37.3 Å². The van der Waals surface area contributed by atoms with Gasteiger partial charge >= 0.3 is 0 Å². The predicted molar refractivity (Wildman–Crippen MR) is 73.2 cm³/mol. The fourth-order valence-electron chi connectivity index (χ4n) is 2.40. The predicted octanol–water partition coefficient (Wildman–Crippen LogP) is 2.48. The van der Waals surface area contributed by atoms with E-state index >= 15 is 0 Å². The maximum atomic E-state index is 3.53. The summed E-state index contributed by atoms with van der Waals surface area (Å²) in [7, 11) is 0. The van der Waals surface area contributed by atoms with E-state index in [-0.39, 0.29) is 0 Å². The monoisotopic (exact) mass is 232 g/mol. The van der Waals surface area contributed by atoms with Crippen molar-refractivity contribution in [2.75, 3.05) is 13.1 Å². The van der Waals surface area contributed by atoms with Crippen LogP contribution in [0.2, 0.25) is 0 Å². The Labute approximate surface area is 105 Å². The van der Waals surface area contributed by atoms with Crippen LogP contribution in [0.25, 0.3) is 0 Å². The molecule has 1 aromatic carbocycles. The van der Waals surface area contributed by atoms with E-state index in [1.807, 2.05) is 0 Å². The average Bonchev–Trinajstić information content (AvgIpc) is 2.88. The van der Waals surface area contributed by atoms with E-state index in [0.717, 1.165) is 25.6 Å². The molecule has 94 valence electrons. The highest BCUT2D eigenvalue weighted by Gasteiger charge is 2.12. The first-order valence-corrected chi connectivity index (χ1v) is 6.90. The Balaban J connectivity index is 1.63. The molecule has 0 radical (unpaired) electrons. The molecule has 0 amide bonds. The van der Waals surface area contributed by atoms with Crippen molar-refractivity contribution < 1.29 is 0 Å². The van der Waals surface area contributed by atoms with Gasteiger partial charge < -0.3 is 10.6 Å². The van der Waals surface area contributed by atoms with Crippen LogP contribution >= 0.6 is 0 Å². The van der Waals surface area contributed by atoms with Gasteiger partial charge in [0.1, 0.15) is 0 Å². The zero-order valence-corrected chi connectivity index (χ0v) is 10.8. The minimum atomic E-state index is 0.755. The summed E-state index contributed by atoms with van der Waals surface area (Å²) in [5.74, 6) is 0. The number of aryl methyl sites for hydroxylation is 1. The number of nitrogens with one attached hydrogen (secondary N) is 2. The molecule has 2 heteroatoms. The van der Waals surface area contributed by atoms with Gasteiger partial charge in [-0.15, -0.1) is 0 Å². The van der Waals surface area contributed by atoms with Gasteiger partial charge in [-0.05, 0) is 49.9 Å². The van der Waals surface area contributed by atoms with Crippen molar-refractivity contribution in [1.29, 1.82) is 0 Å². The first-order chi connectivity index (χ1) is 8.38. The first kappa shape index (κ1) is 12.6. The van der Waals surface area contributed by atoms with Gasteiger partial charge in [-0.3, -0.25) is 0 Å². The first-order valence-electron chi connectivity index (χ1n) is 6.90. The molecular weight excluding hydrogens is 208 g/mol. The summed E-state index contributed by atoms with van der Waals surface area (Å²) in [6.45, 7) is 5.52. The van der Waals surface area contributed by atoms with Crippen LogP contribution in [-0.2, 0) is 13.0 Å². The zero-order valence-electron chi connectivity index (χ0n) is 10.8. The molecule has 17 heavy (non-hydrogen) atoms. The van der Waals surface area contributed by atoms with E-state index < -0.39 is 0 Å². The van der Waals surface area contributed by atoms with Crippen LogP contribution in [-0.4, -0.2) is 19.1 Å². The van der Waals surface area contributed by atoms with E-state index in [1.165, 1.54) is 36.9 Å². The van der Waals surface area contributed by atoms with Crippen molar-refractivity contribution in [1.82, 2.24) is 10.6 Å². The molecule has 1 aliphatic rings. The third-order valence-electron chi connectivity index (χ3n) is 3.59. The summed E-state index contributed by atoms with van der Waals surface area (Å²) in [6.07, 6.45) is 5.09. The van der Waals surface area contributed by atoms with Crippen molar-refractivity contribution in [3.05, 3.63) is 35.4 Å². The number of rotatable bonds is 6. The lowest BCUT2D eigenvalue weighted by atomic mass is 10.1. The largest absolute Gasteiger partial charge is 0.314 e. The molecule has 1 fully saturated rings. The van der Waals surface area contributed by atoms with Gasteiger partial charge in [0, 0.05) is 12.6 Å². The van der Waals surface area contributed by atoms with Crippen LogP contribution in [0.15, 0.2) is 24.3 Å². The second-order valence-electron chi connectivity index (χ2n) is 4.93. The van der Waals surface area contributed by atoms with Gasteiger partial charge in [-0.2, -0.15) is 0 Å². The number of hydrogen-bond donors (Lipinski definition) is 2. The molecule has 0 aliphatic carbocycles. The Morgan fingerprint density at radius 3 is 2.65 bits per heavy atom. The van der Waals surface area contributed by atoms with Crippen LogP contribution in [0, 0.1) is 0 Å². The quantitative estimate of drug-likeness (QED) is 0.736. The van der Waals surface area contributed by atoms with Crippen LogP contribution in [0.3, 0.4) is 0 Å². The molecule has 0 saturated carbocycles. The molecule has 1 saturated heterocycles. The molecule has 1 atom stereocenters. The number of benzene rings is 1. The van der Waals surface area contributed by atoms with Gasteiger partial charge in [0.2, 0.25) is 0 Å². The summed E-state index contributed by atoms with van der Waals surface area (Å²) in [6, 6.07) is 9.69. The van der Waals surface area contributed by atoms with E-state index in [4.69, 9.17) is 0 Å². The highest BCUT2D eigenvalue weighted by Crippen LogP contribution is 2.08. The molecule has 0 aromatic heterocycles. The highest BCUT2D eigenvalue weighted by molar-refractivity contribution is 5.22. The van der Waals surface area contributed by atoms with E-state index in [9.17, 15) is 0 Å². The van der Waals surface area contributed by atoms with Crippen molar-refractivity contribution in [2.24, 2.45) is 0 Å². The third kappa shape index (κ3) is 4.14. The second-order valence-corrected chi connectivity index (χ2v) is 4.93. The maximum Gasteiger partial charge on any atom is 0.0205 e. The SMILES string of the molecule is CCc1ccc(CNCCC2CCCN2)cc1. The fraction of sp³-hybridized carbons (Fsp3) is 0.600. The Morgan fingerprint density at radius 1 is 1.24 bits per heavy atom. The Kier molecular flexibility index (Phi) is 5.02. The Bertz CT molecular complexity index is 312. The van der Waals surface area contributed by atoms with E-state index in [1.54, 1.807) is 0 Å². The van der Waals surface area contributed by atoms with E-state index in [0.29, 0.717) is 0 Å². The van der Waals surface area contributed by atoms with Gasteiger partial charge in [0.25, 0.3) is 0 Å². The lowest BCUT2D eigenvalue weighted by Crippen LogP contribution is -2.26. The summed E-state index contributed by atoms with van der Waals surface area (Å²) in [5.41, 5.74) is 2.81. The van der Waals surface area contributed by atoms with Crippen molar-refractivity contribution >= 4 is 0 Å². The van der Waals surface area contributed by atoms with Crippen LogP contribution < -0.4 is 10.6 Å². The molecule has 2 rings (SSSR count). The van der Waals surface area contributed by atoms with Gasteiger partial charge in [0.05, 0.1) is 0 Å². The highest BCUT2D eigenvalue weighted by atomic mass is 14.9. The zero-order chi connectivity index (χ0) is 11.9. The molecule has 2 N–H and O–H groups in total. The second kappa shape index (κ2) is 6.77. The topological polar surface area (TPSA) is 24.1 Å².